The van der Waals surface area contributed by atoms with Gasteiger partial charge in [0.15, 0.2) is 5.76 Å². The Morgan fingerprint density at radius 1 is 1.00 bits per heavy atom. The molecule has 3 aromatic rings. The molecule has 0 fully saturated rings. The molecule has 3 nitrogen and oxygen atoms in total. The predicted octanol–water partition coefficient (Wildman–Crippen LogP) is 4.89. The number of benzene rings is 2. The second-order valence-electron chi connectivity index (χ2n) is 6.12. The molecule has 0 aliphatic heterocycles. The quantitative estimate of drug-likeness (QED) is 0.498. The lowest BCUT2D eigenvalue weighted by Crippen LogP contribution is -1.99. The lowest BCUT2D eigenvalue weighted by atomic mass is 10.0. The fourth-order valence-electron chi connectivity index (χ4n) is 2.85. The van der Waals surface area contributed by atoms with Gasteiger partial charge in [-0.1, -0.05) is 50.1 Å². The maximum absolute atomic E-state index is 12.6. The minimum atomic E-state index is -0.114. The van der Waals surface area contributed by atoms with Gasteiger partial charge in [0.25, 0.3) is 0 Å². The first kappa shape index (κ1) is 16.5. The van der Waals surface area contributed by atoms with E-state index in [1.54, 1.807) is 18.2 Å². The number of aryl methyl sites for hydroxylation is 1. The van der Waals surface area contributed by atoms with Gasteiger partial charge in [0.1, 0.15) is 5.58 Å². The van der Waals surface area contributed by atoms with Crippen LogP contribution in [0.1, 0.15) is 53.4 Å². The Balaban J connectivity index is 1.78. The molecule has 0 saturated heterocycles. The highest BCUT2D eigenvalue weighted by Crippen LogP contribution is 2.23. The molecule has 1 aromatic heterocycles. The van der Waals surface area contributed by atoms with Gasteiger partial charge in [-0.3, -0.25) is 4.79 Å². The number of aliphatic hydroxyl groups is 1. The van der Waals surface area contributed by atoms with Crippen LogP contribution in [0.4, 0.5) is 0 Å². The number of rotatable bonds is 7. The predicted molar refractivity (Wildman–Crippen MR) is 95.2 cm³/mol. The Morgan fingerprint density at radius 3 is 2.46 bits per heavy atom. The summed E-state index contributed by atoms with van der Waals surface area (Å²) in [6.45, 7) is 2.17. The van der Waals surface area contributed by atoms with Crippen LogP contribution in [0.3, 0.4) is 0 Å². The monoisotopic (exact) mass is 322 g/mol. The first-order valence-electron chi connectivity index (χ1n) is 8.48. The summed E-state index contributed by atoms with van der Waals surface area (Å²) in [4.78, 5) is 12.6. The maximum atomic E-state index is 12.6. The van der Waals surface area contributed by atoms with Gasteiger partial charge in [0.05, 0.1) is 6.61 Å². The van der Waals surface area contributed by atoms with Crippen LogP contribution in [0.5, 0.6) is 0 Å². The Kier molecular flexibility index (Phi) is 5.11. The molecule has 0 aliphatic rings. The first-order valence-corrected chi connectivity index (χ1v) is 8.48. The zero-order valence-electron chi connectivity index (χ0n) is 13.9. The topological polar surface area (TPSA) is 50.4 Å². The fourth-order valence-corrected chi connectivity index (χ4v) is 2.85. The number of carbonyl (C=O) groups is 1. The number of aliphatic hydroxyl groups excluding tert-OH is 1. The third kappa shape index (κ3) is 3.57. The molecule has 0 spiro atoms. The van der Waals surface area contributed by atoms with E-state index in [9.17, 15) is 9.90 Å². The van der Waals surface area contributed by atoms with Crippen LogP contribution in [0.2, 0.25) is 0 Å². The highest BCUT2D eigenvalue weighted by molar-refractivity contribution is 6.09. The SMILES string of the molecule is CCCCCc1ccc(C(=O)c2cc3cc(CO)ccc3o2)cc1. The highest BCUT2D eigenvalue weighted by atomic mass is 16.3. The second-order valence-corrected chi connectivity index (χ2v) is 6.12. The van der Waals surface area contributed by atoms with E-state index in [4.69, 9.17) is 4.42 Å². The molecule has 2 aromatic carbocycles. The third-order valence-electron chi connectivity index (χ3n) is 4.27. The summed E-state index contributed by atoms with van der Waals surface area (Å²) in [5, 5.41) is 10.0. The smallest absolute Gasteiger partial charge is 0.228 e. The van der Waals surface area contributed by atoms with Gasteiger partial charge in [-0.25, -0.2) is 0 Å². The van der Waals surface area contributed by atoms with Crippen molar-refractivity contribution in [3.05, 3.63) is 71.0 Å². The normalized spacial score (nSPS) is 11.1. The number of ketones is 1. The average molecular weight is 322 g/mol. The lowest BCUT2D eigenvalue weighted by Gasteiger charge is -2.02. The molecule has 3 heteroatoms. The number of hydrogen-bond donors (Lipinski definition) is 1. The van der Waals surface area contributed by atoms with Crippen molar-refractivity contribution in [2.45, 2.75) is 39.2 Å². The van der Waals surface area contributed by atoms with Crippen LogP contribution in [-0.2, 0) is 13.0 Å². The van der Waals surface area contributed by atoms with Crippen molar-refractivity contribution in [2.24, 2.45) is 0 Å². The molecule has 124 valence electrons. The van der Waals surface area contributed by atoms with Crippen LogP contribution in [-0.4, -0.2) is 10.9 Å². The van der Waals surface area contributed by atoms with Gasteiger partial charge in [0, 0.05) is 10.9 Å². The van der Waals surface area contributed by atoms with Crippen LogP contribution in [0.25, 0.3) is 11.0 Å². The van der Waals surface area contributed by atoms with E-state index >= 15 is 0 Å². The summed E-state index contributed by atoms with van der Waals surface area (Å²) in [6.07, 6.45) is 4.67. The molecule has 1 heterocycles. The Labute approximate surface area is 141 Å². The van der Waals surface area contributed by atoms with Crippen molar-refractivity contribution in [1.82, 2.24) is 0 Å². The van der Waals surface area contributed by atoms with Crippen molar-refractivity contribution < 1.29 is 14.3 Å². The summed E-state index contributed by atoms with van der Waals surface area (Å²) < 4.78 is 5.66. The average Bonchev–Trinajstić information content (AvgIpc) is 3.05. The third-order valence-corrected chi connectivity index (χ3v) is 4.27. The van der Waals surface area contributed by atoms with Crippen molar-refractivity contribution in [1.29, 1.82) is 0 Å². The van der Waals surface area contributed by atoms with Crippen LogP contribution >= 0.6 is 0 Å². The van der Waals surface area contributed by atoms with Crippen LogP contribution < -0.4 is 0 Å². The van der Waals surface area contributed by atoms with E-state index in [0.29, 0.717) is 16.9 Å². The Bertz CT molecular complexity index is 828. The number of carbonyl (C=O) groups excluding carboxylic acids is 1. The molecule has 0 radical (unpaired) electrons. The summed E-state index contributed by atoms with van der Waals surface area (Å²) in [7, 11) is 0. The standard InChI is InChI=1S/C21H22O3/c1-2-3-4-5-15-6-9-17(10-7-15)21(23)20-13-18-12-16(14-22)8-11-19(18)24-20/h6-13,22H,2-5,14H2,1H3. The van der Waals surface area contributed by atoms with Crippen molar-refractivity contribution in [3.8, 4) is 0 Å². The van der Waals surface area contributed by atoms with Gasteiger partial charge in [0.2, 0.25) is 5.78 Å². The molecule has 3 rings (SSSR count). The molecule has 1 N–H and O–H groups in total. The van der Waals surface area contributed by atoms with E-state index in [1.807, 2.05) is 30.3 Å². The number of fused-ring (bicyclic) bond motifs is 1. The summed E-state index contributed by atoms with van der Waals surface area (Å²) in [6, 6.07) is 15.0. The van der Waals surface area contributed by atoms with Gasteiger partial charge in [-0.15, -0.1) is 0 Å². The summed E-state index contributed by atoms with van der Waals surface area (Å²) in [5.74, 6) is 0.218. The van der Waals surface area contributed by atoms with E-state index in [-0.39, 0.29) is 12.4 Å². The molecular weight excluding hydrogens is 300 g/mol. The lowest BCUT2D eigenvalue weighted by molar-refractivity contribution is 0.101. The zero-order valence-corrected chi connectivity index (χ0v) is 13.9. The minimum absolute atomic E-state index is 0.0239. The van der Waals surface area contributed by atoms with Gasteiger partial charge >= 0.3 is 0 Å². The summed E-state index contributed by atoms with van der Waals surface area (Å²) in [5.41, 5.74) is 3.36. The van der Waals surface area contributed by atoms with Gasteiger partial charge in [-0.05, 0) is 42.2 Å². The molecule has 0 amide bonds. The van der Waals surface area contributed by atoms with Gasteiger partial charge < -0.3 is 9.52 Å². The van der Waals surface area contributed by atoms with Crippen molar-refractivity contribution in [3.63, 3.8) is 0 Å². The molecule has 0 atom stereocenters. The minimum Gasteiger partial charge on any atom is -0.453 e. The Morgan fingerprint density at radius 2 is 1.75 bits per heavy atom. The second kappa shape index (κ2) is 7.45. The molecule has 0 bridgehead atoms. The van der Waals surface area contributed by atoms with Crippen LogP contribution in [0.15, 0.2) is 52.9 Å². The first-order chi connectivity index (χ1) is 11.7. The largest absolute Gasteiger partial charge is 0.453 e. The number of hydrogen-bond acceptors (Lipinski definition) is 3. The molecular formula is C21H22O3. The molecule has 0 saturated carbocycles. The molecule has 0 aliphatic carbocycles. The van der Waals surface area contributed by atoms with Crippen molar-refractivity contribution in [2.75, 3.05) is 0 Å². The van der Waals surface area contributed by atoms with E-state index < -0.39 is 0 Å². The molecule has 24 heavy (non-hydrogen) atoms. The van der Waals surface area contributed by atoms with Crippen molar-refractivity contribution >= 4 is 16.8 Å². The number of furan rings is 1. The van der Waals surface area contributed by atoms with E-state index in [1.165, 1.54) is 24.8 Å². The fraction of sp³-hybridized carbons (Fsp3) is 0.286. The van der Waals surface area contributed by atoms with Gasteiger partial charge in [-0.2, -0.15) is 0 Å². The molecule has 0 unspecified atom stereocenters. The highest BCUT2D eigenvalue weighted by Gasteiger charge is 2.14. The maximum Gasteiger partial charge on any atom is 0.228 e. The van der Waals surface area contributed by atoms with E-state index in [0.717, 1.165) is 17.4 Å². The van der Waals surface area contributed by atoms with E-state index in [2.05, 4.69) is 6.92 Å². The Hall–Kier alpha value is -2.39. The summed E-state index contributed by atoms with van der Waals surface area (Å²) >= 11 is 0. The van der Waals surface area contributed by atoms with Crippen LogP contribution in [0, 0.1) is 0 Å². The zero-order chi connectivity index (χ0) is 16.9. The number of unbranched alkanes of at least 4 members (excludes halogenated alkanes) is 2.